The highest BCUT2D eigenvalue weighted by Crippen LogP contribution is 2.27. The van der Waals surface area contributed by atoms with E-state index in [9.17, 15) is 4.79 Å². The zero-order valence-corrected chi connectivity index (χ0v) is 23.7. The van der Waals surface area contributed by atoms with Crippen LogP contribution in [0, 0.1) is 12.8 Å². The molecule has 0 unspecified atom stereocenters. The van der Waals surface area contributed by atoms with Crippen LogP contribution in [0.3, 0.4) is 0 Å². The van der Waals surface area contributed by atoms with E-state index in [1.165, 1.54) is 69.7 Å². The molecule has 198 valence electrons. The first-order valence-electron chi connectivity index (χ1n) is 13.3. The maximum absolute atomic E-state index is 10.6. The lowest BCUT2D eigenvalue weighted by molar-refractivity contribution is -0.114. The van der Waals surface area contributed by atoms with E-state index in [0.29, 0.717) is 15.7 Å². The van der Waals surface area contributed by atoms with Crippen molar-refractivity contribution in [1.29, 1.82) is 0 Å². The predicted octanol–water partition coefficient (Wildman–Crippen LogP) is 8.67. The van der Waals surface area contributed by atoms with Crippen molar-refractivity contribution in [2.75, 3.05) is 18.4 Å². The first kappa shape index (κ1) is 29.2. The van der Waals surface area contributed by atoms with Crippen LogP contribution in [0.1, 0.15) is 57.9 Å². The van der Waals surface area contributed by atoms with Crippen LogP contribution in [0.15, 0.2) is 66.9 Å². The van der Waals surface area contributed by atoms with E-state index in [-0.39, 0.29) is 5.91 Å². The monoisotopic (exact) mass is 539 g/mol. The molecule has 6 heteroatoms. The summed E-state index contributed by atoms with van der Waals surface area (Å²) in [5.74, 6) is 0.844. The molecule has 37 heavy (non-hydrogen) atoms. The second kappa shape index (κ2) is 15.1. The van der Waals surface area contributed by atoms with Gasteiger partial charge in [0.15, 0.2) is 0 Å². The van der Waals surface area contributed by atoms with Gasteiger partial charge in [-0.1, -0.05) is 79.4 Å². The molecule has 1 saturated carbocycles. The molecule has 0 radical (unpaired) electrons. The van der Waals surface area contributed by atoms with Gasteiger partial charge in [0, 0.05) is 40.5 Å². The van der Waals surface area contributed by atoms with E-state index in [4.69, 9.17) is 23.2 Å². The van der Waals surface area contributed by atoms with Crippen LogP contribution < -0.4 is 5.32 Å². The van der Waals surface area contributed by atoms with Gasteiger partial charge in [0.25, 0.3) is 0 Å². The van der Waals surface area contributed by atoms with Crippen molar-refractivity contribution in [2.24, 2.45) is 5.92 Å². The fourth-order valence-electron chi connectivity index (χ4n) is 4.74. The Morgan fingerprint density at radius 2 is 1.54 bits per heavy atom. The SMILES string of the molecule is CC(=O)Nc1cc(Cl)cc(Cl)c1.CC1CCN(C2CCCC2)CC1.Cc1ccc(-c2ccccc2)nc1. The molecule has 3 aromatic rings. The first-order chi connectivity index (χ1) is 17.8. The maximum Gasteiger partial charge on any atom is 0.221 e. The van der Waals surface area contributed by atoms with E-state index < -0.39 is 0 Å². The summed E-state index contributed by atoms with van der Waals surface area (Å²) in [6.45, 7) is 8.63. The zero-order chi connectivity index (χ0) is 26.6. The summed E-state index contributed by atoms with van der Waals surface area (Å²) in [4.78, 5) is 17.7. The van der Waals surface area contributed by atoms with Crippen molar-refractivity contribution < 1.29 is 4.79 Å². The molecule has 0 spiro atoms. The highest BCUT2D eigenvalue weighted by atomic mass is 35.5. The van der Waals surface area contributed by atoms with Gasteiger partial charge in [-0.15, -0.1) is 0 Å². The lowest BCUT2D eigenvalue weighted by Crippen LogP contribution is -2.39. The van der Waals surface area contributed by atoms with Crippen LogP contribution >= 0.6 is 23.2 Å². The second-order valence-corrected chi connectivity index (χ2v) is 11.0. The van der Waals surface area contributed by atoms with Crippen LogP contribution in [0.4, 0.5) is 5.69 Å². The van der Waals surface area contributed by atoms with Crippen molar-refractivity contribution in [2.45, 2.75) is 65.3 Å². The number of pyridine rings is 1. The van der Waals surface area contributed by atoms with E-state index in [0.717, 1.165) is 17.7 Å². The number of amides is 1. The molecule has 1 aliphatic heterocycles. The van der Waals surface area contributed by atoms with Gasteiger partial charge in [0.1, 0.15) is 0 Å². The molecule has 2 aromatic carbocycles. The summed E-state index contributed by atoms with van der Waals surface area (Å²) in [7, 11) is 0. The predicted molar refractivity (Wildman–Crippen MR) is 157 cm³/mol. The normalized spacial score (nSPS) is 16.2. The van der Waals surface area contributed by atoms with Crippen molar-refractivity contribution in [3.05, 3.63) is 82.5 Å². The minimum atomic E-state index is -0.145. The molecule has 1 N–H and O–H groups in total. The number of hydrogen-bond donors (Lipinski definition) is 1. The lowest BCUT2D eigenvalue weighted by Gasteiger charge is -2.34. The van der Waals surface area contributed by atoms with Crippen molar-refractivity contribution in [1.82, 2.24) is 9.88 Å². The summed E-state index contributed by atoms with van der Waals surface area (Å²) < 4.78 is 0. The molecule has 5 rings (SSSR count). The molecule has 1 amide bonds. The molecule has 4 nitrogen and oxygen atoms in total. The molecular weight excluding hydrogens is 501 g/mol. The number of benzene rings is 2. The Hall–Kier alpha value is -2.40. The average molecular weight is 541 g/mol. The minimum absolute atomic E-state index is 0.145. The maximum atomic E-state index is 10.6. The number of rotatable bonds is 3. The number of aryl methyl sites for hydroxylation is 1. The van der Waals surface area contributed by atoms with Crippen LogP contribution in [0.5, 0.6) is 0 Å². The van der Waals surface area contributed by atoms with Gasteiger partial charge in [-0.3, -0.25) is 9.78 Å². The van der Waals surface area contributed by atoms with Gasteiger partial charge in [0.2, 0.25) is 5.91 Å². The van der Waals surface area contributed by atoms with Crippen molar-refractivity contribution in [3.8, 4) is 11.3 Å². The fourth-order valence-corrected chi connectivity index (χ4v) is 5.27. The largest absolute Gasteiger partial charge is 0.326 e. The van der Waals surface area contributed by atoms with Gasteiger partial charge in [-0.25, -0.2) is 0 Å². The Balaban J connectivity index is 0.000000154. The smallest absolute Gasteiger partial charge is 0.221 e. The highest BCUT2D eigenvalue weighted by Gasteiger charge is 2.25. The molecule has 1 aromatic heterocycles. The van der Waals surface area contributed by atoms with Crippen LogP contribution in [0.25, 0.3) is 11.3 Å². The fraction of sp³-hybridized carbons (Fsp3) is 0.419. The van der Waals surface area contributed by atoms with E-state index in [1.54, 1.807) is 18.2 Å². The third-order valence-corrected chi connectivity index (χ3v) is 7.26. The number of halogens is 2. The van der Waals surface area contributed by atoms with Gasteiger partial charge in [0.05, 0.1) is 5.69 Å². The summed E-state index contributed by atoms with van der Waals surface area (Å²) in [6.07, 6.45) is 10.7. The van der Waals surface area contributed by atoms with Gasteiger partial charge < -0.3 is 10.2 Å². The number of nitrogens with one attached hydrogen (secondary N) is 1. The second-order valence-electron chi connectivity index (χ2n) is 10.1. The number of carbonyl (C=O) groups excluding carboxylic acids is 1. The molecule has 0 bridgehead atoms. The summed E-state index contributed by atoms with van der Waals surface area (Å²) in [5.41, 5.74) is 4.01. The highest BCUT2D eigenvalue weighted by molar-refractivity contribution is 6.35. The number of likely N-dealkylation sites (tertiary alicyclic amines) is 1. The topological polar surface area (TPSA) is 45.2 Å². The number of piperidine rings is 1. The van der Waals surface area contributed by atoms with E-state index in [1.807, 2.05) is 37.4 Å². The Labute approximate surface area is 232 Å². The molecule has 1 aliphatic carbocycles. The number of nitrogens with zero attached hydrogens (tertiary/aromatic N) is 2. The Morgan fingerprint density at radius 3 is 2.08 bits per heavy atom. The Kier molecular flexibility index (Phi) is 11.9. The van der Waals surface area contributed by atoms with Gasteiger partial charge in [-0.2, -0.15) is 0 Å². The number of carbonyl (C=O) groups is 1. The van der Waals surface area contributed by atoms with Crippen LogP contribution in [-0.4, -0.2) is 34.9 Å². The summed E-state index contributed by atoms with van der Waals surface area (Å²) >= 11 is 11.4. The quantitative estimate of drug-likeness (QED) is 0.362. The molecule has 2 heterocycles. The zero-order valence-electron chi connectivity index (χ0n) is 22.2. The Morgan fingerprint density at radius 1 is 0.919 bits per heavy atom. The summed E-state index contributed by atoms with van der Waals surface area (Å²) in [5, 5.41) is 3.59. The molecule has 2 aliphatic rings. The van der Waals surface area contributed by atoms with E-state index in [2.05, 4.69) is 40.3 Å². The minimum Gasteiger partial charge on any atom is -0.326 e. The summed E-state index contributed by atoms with van der Waals surface area (Å²) in [6, 6.07) is 20.2. The molecule has 1 saturated heterocycles. The standard InChI is InChI=1S/C12H11N.C11H21N.C8H7Cl2NO/c1-10-7-8-12(13-9-10)11-5-3-2-4-6-11;1-10-6-8-12(9-7-10)11-4-2-3-5-11;1-5(12)11-8-3-6(9)2-7(10)4-8/h2-9H,1H3;10-11H,2-9H2,1H3;2-4H,1H3,(H,11,12). The van der Waals surface area contributed by atoms with Crippen LogP contribution in [0.2, 0.25) is 10.0 Å². The van der Waals surface area contributed by atoms with Gasteiger partial charge in [-0.05, 0) is 81.4 Å². The van der Waals surface area contributed by atoms with Crippen LogP contribution in [-0.2, 0) is 4.79 Å². The average Bonchev–Trinajstić information content (AvgIpc) is 3.40. The lowest BCUT2D eigenvalue weighted by atomic mass is 9.97. The number of anilines is 1. The molecular formula is C31H39Cl2N3O. The molecule has 0 atom stereocenters. The van der Waals surface area contributed by atoms with Crippen molar-refractivity contribution >= 4 is 34.8 Å². The molecule has 2 fully saturated rings. The van der Waals surface area contributed by atoms with Gasteiger partial charge >= 0.3 is 0 Å². The first-order valence-corrected chi connectivity index (χ1v) is 14.0. The third-order valence-electron chi connectivity index (χ3n) is 6.82. The Bertz CT molecular complexity index is 1070. The number of aromatic nitrogens is 1. The number of hydrogen-bond acceptors (Lipinski definition) is 3. The van der Waals surface area contributed by atoms with E-state index >= 15 is 0 Å². The third kappa shape index (κ3) is 10.5. The van der Waals surface area contributed by atoms with Crippen molar-refractivity contribution in [3.63, 3.8) is 0 Å².